The molecule has 2 aromatic heterocycles. The van der Waals surface area contributed by atoms with Crippen LogP contribution in [0.5, 0.6) is 0 Å². The zero-order valence-corrected chi connectivity index (χ0v) is 11.3. The number of carbonyl (C=O) groups excluding carboxylic acids is 1. The van der Waals surface area contributed by atoms with Crippen molar-refractivity contribution in [2.24, 2.45) is 0 Å². The quantitative estimate of drug-likeness (QED) is 0.908. The van der Waals surface area contributed by atoms with Crippen LogP contribution in [0.1, 0.15) is 20.8 Å². The summed E-state index contributed by atoms with van der Waals surface area (Å²) in [6.07, 6.45) is 1.29. The highest BCUT2D eigenvalue weighted by Crippen LogP contribution is 2.24. The molecule has 0 aliphatic carbocycles. The van der Waals surface area contributed by atoms with Crippen molar-refractivity contribution >= 4 is 44.1 Å². The van der Waals surface area contributed by atoms with Gasteiger partial charge in [0.25, 0.3) is 5.91 Å². The molecule has 0 aromatic carbocycles. The normalized spacial score (nSPS) is 10.1. The average molecular weight is 327 g/mol. The molecule has 92 valence electrons. The number of carbonyl (C=O) groups is 2. The number of anilines is 1. The van der Waals surface area contributed by atoms with E-state index in [0.717, 1.165) is 4.47 Å². The standard InChI is InChI=1S/C11H7BrN2O3S/c12-7-4-9(18-5-7)14-10(15)6-1-2-13-8(3-6)11(16)17/h1-5H,(H,14,15)(H,16,17). The lowest BCUT2D eigenvalue weighted by atomic mass is 10.2. The second-order valence-corrected chi connectivity index (χ2v) is 5.15. The second kappa shape index (κ2) is 5.28. The average Bonchev–Trinajstić information content (AvgIpc) is 2.75. The van der Waals surface area contributed by atoms with Gasteiger partial charge in [-0.2, -0.15) is 0 Å². The van der Waals surface area contributed by atoms with Crippen LogP contribution in [0.25, 0.3) is 0 Å². The van der Waals surface area contributed by atoms with Gasteiger partial charge in [-0.1, -0.05) is 0 Å². The fourth-order valence-corrected chi connectivity index (χ4v) is 2.57. The van der Waals surface area contributed by atoms with Crippen molar-refractivity contribution < 1.29 is 14.7 Å². The first-order valence-corrected chi connectivity index (χ1v) is 6.48. The van der Waals surface area contributed by atoms with Gasteiger partial charge in [0.15, 0.2) is 0 Å². The zero-order valence-electron chi connectivity index (χ0n) is 8.88. The third-order valence-corrected chi connectivity index (χ3v) is 3.65. The summed E-state index contributed by atoms with van der Waals surface area (Å²) in [6.45, 7) is 0. The Labute approximate surface area is 115 Å². The van der Waals surface area contributed by atoms with Gasteiger partial charge in [0.2, 0.25) is 0 Å². The predicted molar refractivity (Wildman–Crippen MR) is 71.2 cm³/mol. The lowest BCUT2D eigenvalue weighted by molar-refractivity contribution is 0.0690. The first-order valence-electron chi connectivity index (χ1n) is 4.81. The van der Waals surface area contributed by atoms with Crippen LogP contribution in [0.15, 0.2) is 34.2 Å². The summed E-state index contributed by atoms with van der Waals surface area (Å²) in [6, 6.07) is 4.46. The molecule has 0 radical (unpaired) electrons. The number of nitrogens with zero attached hydrogens (tertiary/aromatic N) is 1. The maximum absolute atomic E-state index is 11.9. The number of hydrogen-bond donors (Lipinski definition) is 2. The molecule has 7 heteroatoms. The Morgan fingerprint density at radius 1 is 1.39 bits per heavy atom. The van der Waals surface area contributed by atoms with Crippen LogP contribution in [0.4, 0.5) is 5.00 Å². The molecule has 18 heavy (non-hydrogen) atoms. The molecule has 2 aromatic rings. The topological polar surface area (TPSA) is 79.3 Å². The predicted octanol–water partition coefficient (Wildman–Crippen LogP) is 2.86. The molecule has 2 heterocycles. The highest BCUT2D eigenvalue weighted by atomic mass is 79.9. The SMILES string of the molecule is O=C(Nc1cc(Br)cs1)c1ccnc(C(=O)O)c1. The highest BCUT2D eigenvalue weighted by molar-refractivity contribution is 9.10. The summed E-state index contributed by atoms with van der Waals surface area (Å²) in [5.41, 5.74) is 0.0990. The fourth-order valence-electron chi connectivity index (χ4n) is 1.25. The number of hydrogen-bond acceptors (Lipinski definition) is 4. The van der Waals surface area contributed by atoms with E-state index in [1.54, 1.807) is 6.07 Å². The van der Waals surface area contributed by atoms with E-state index in [0.29, 0.717) is 5.00 Å². The summed E-state index contributed by atoms with van der Waals surface area (Å²) >= 11 is 4.65. The lowest BCUT2D eigenvalue weighted by Gasteiger charge is -2.02. The molecule has 0 bridgehead atoms. The third kappa shape index (κ3) is 2.93. The first kappa shape index (κ1) is 12.7. The summed E-state index contributed by atoms with van der Waals surface area (Å²) in [4.78, 5) is 26.2. The van der Waals surface area contributed by atoms with Crippen molar-refractivity contribution in [3.05, 3.63) is 45.5 Å². The molecule has 0 spiro atoms. The highest BCUT2D eigenvalue weighted by Gasteiger charge is 2.11. The monoisotopic (exact) mass is 326 g/mol. The largest absolute Gasteiger partial charge is 0.477 e. The minimum atomic E-state index is -1.16. The summed E-state index contributed by atoms with van der Waals surface area (Å²) < 4.78 is 0.878. The lowest BCUT2D eigenvalue weighted by Crippen LogP contribution is -2.12. The molecule has 2 N–H and O–H groups in total. The van der Waals surface area contributed by atoms with Crippen molar-refractivity contribution in [2.75, 3.05) is 5.32 Å². The molecule has 0 fully saturated rings. The molecule has 0 saturated carbocycles. The van der Waals surface area contributed by atoms with E-state index in [-0.39, 0.29) is 17.2 Å². The van der Waals surface area contributed by atoms with Gasteiger partial charge in [0.1, 0.15) is 5.69 Å². The Morgan fingerprint density at radius 2 is 2.17 bits per heavy atom. The molecular formula is C11H7BrN2O3S. The summed E-state index contributed by atoms with van der Waals surface area (Å²) in [5, 5.41) is 14.0. The minimum absolute atomic E-state index is 0.157. The maximum Gasteiger partial charge on any atom is 0.354 e. The molecular weight excluding hydrogens is 320 g/mol. The van der Waals surface area contributed by atoms with Gasteiger partial charge in [-0.15, -0.1) is 11.3 Å². The minimum Gasteiger partial charge on any atom is -0.477 e. The van der Waals surface area contributed by atoms with Crippen molar-refractivity contribution in [3.63, 3.8) is 0 Å². The van der Waals surface area contributed by atoms with Crippen molar-refractivity contribution in [1.82, 2.24) is 4.98 Å². The number of halogens is 1. The first-order chi connectivity index (χ1) is 8.56. The van der Waals surface area contributed by atoms with E-state index in [2.05, 4.69) is 26.2 Å². The van der Waals surface area contributed by atoms with Gasteiger partial charge in [0, 0.05) is 21.6 Å². The number of carboxylic acid groups (broad SMARTS) is 1. The maximum atomic E-state index is 11.9. The van der Waals surface area contributed by atoms with Crippen LogP contribution in [0.2, 0.25) is 0 Å². The van der Waals surface area contributed by atoms with Crippen LogP contribution in [-0.2, 0) is 0 Å². The zero-order chi connectivity index (χ0) is 13.1. The molecule has 0 saturated heterocycles. The third-order valence-electron chi connectivity index (χ3n) is 2.05. The molecule has 0 aliphatic rings. The second-order valence-electron chi connectivity index (χ2n) is 3.32. The van der Waals surface area contributed by atoms with E-state index >= 15 is 0 Å². The van der Waals surface area contributed by atoms with Crippen LogP contribution < -0.4 is 5.32 Å². The van der Waals surface area contributed by atoms with Gasteiger partial charge >= 0.3 is 5.97 Å². The Balaban J connectivity index is 2.18. The van der Waals surface area contributed by atoms with Gasteiger partial charge < -0.3 is 10.4 Å². The number of amides is 1. The number of aromatic nitrogens is 1. The molecule has 0 unspecified atom stereocenters. The van der Waals surface area contributed by atoms with Crippen LogP contribution in [0, 0.1) is 0 Å². The molecule has 1 amide bonds. The van der Waals surface area contributed by atoms with Crippen molar-refractivity contribution in [3.8, 4) is 0 Å². The number of nitrogens with one attached hydrogen (secondary N) is 1. The molecule has 0 atom stereocenters. The number of rotatable bonds is 3. The van der Waals surface area contributed by atoms with Crippen molar-refractivity contribution in [2.45, 2.75) is 0 Å². The van der Waals surface area contributed by atoms with Gasteiger partial charge in [-0.05, 0) is 34.1 Å². The van der Waals surface area contributed by atoms with Crippen LogP contribution in [0.3, 0.4) is 0 Å². The molecule has 0 aliphatic heterocycles. The van der Waals surface area contributed by atoms with Gasteiger partial charge in [-0.25, -0.2) is 9.78 Å². The van der Waals surface area contributed by atoms with E-state index in [9.17, 15) is 9.59 Å². The Bertz CT molecular complexity index is 612. The van der Waals surface area contributed by atoms with Crippen molar-refractivity contribution in [1.29, 1.82) is 0 Å². The fraction of sp³-hybridized carbons (Fsp3) is 0. The summed E-state index contributed by atoms with van der Waals surface area (Å²) in [5.74, 6) is -1.53. The summed E-state index contributed by atoms with van der Waals surface area (Å²) in [7, 11) is 0. The van der Waals surface area contributed by atoms with E-state index < -0.39 is 5.97 Å². The Hall–Kier alpha value is -1.73. The van der Waals surface area contributed by atoms with Crippen LogP contribution >= 0.6 is 27.3 Å². The van der Waals surface area contributed by atoms with Gasteiger partial charge in [0.05, 0.1) is 5.00 Å². The smallest absolute Gasteiger partial charge is 0.354 e. The Morgan fingerprint density at radius 3 is 2.78 bits per heavy atom. The van der Waals surface area contributed by atoms with E-state index in [1.165, 1.54) is 29.7 Å². The number of thiophene rings is 1. The Kier molecular flexibility index (Phi) is 3.73. The number of aromatic carboxylic acids is 1. The molecule has 5 nitrogen and oxygen atoms in total. The van der Waals surface area contributed by atoms with Gasteiger partial charge in [-0.3, -0.25) is 4.79 Å². The van der Waals surface area contributed by atoms with E-state index in [1.807, 2.05) is 5.38 Å². The van der Waals surface area contributed by atoms with E-state index in [4.69, 9.17) is 5.11 Å². The number of pyridine rings is 1. The molecule has 2 rings (SSSR count). The van der Waals surface area contributed by atoms with Crippen LogP contribution in [-0.4, -0.2) is 22.0 Å². The number of carboxylic acids is 1.